The molecule has 0 unspecified atom stereocenters. The first-order chi connectivity index (χ1) is 5.95. The Morgan fingerprint density at radius 3 is 2.69 bits per heavy atom. The first-order valence-corrected chi connectivity index (χ1v) is 3.40. The lowest BCUT2D eigenvalue weighted by atomic mass is 10.3. The number of carbonyl (C=O) groups is 1. The summed E-state index contributed by atoms with van der Waals surface area (Å²) < 4.78 is 0. The summed E-state index contributed by atoms with van der Waals surface area (Å²) in [4.78, 5) is 19.5. The monoisotopic (exact) mass is 186 g/mol. The zero-order valence-corrected chi connectivity index (χ0v) is 6.98. The molecule has 7 heteroatoms. The van der Waals surface area contributed by atoms with Gasteiger partial charge in [0.2, 0.25) is 5.91 Å². The summed E-state index contributed by atoms with van der Waals surface area (Å²) in [6.07, 6.45) is 2.07. The zero-order valence-electron chi connectivity index (χ0n) is 6.98. The summed E-state index contributed by atoms with van der Waals surface area (Å²) in [5.41, 5.74) is 4.89. The van der Waals surface area contributed by atoms with Gasteiger partial charge in [-0.05, 0) is 11.8 Å². The third kappa shape index (κ3) is 4.51. The van der Waals surface area contributed by atoms with Gasteiger partial charge >= 0.3 is 5.84 Å². The Morgan fingerprint density at radius 1 is 1.77 bits per heavy atom. The molecule has 7 nitrogen and oxygen atoms in total. The summed E-state index contributed by atoms with van der Waals surface area (Å²) in [7, 11) is 0. The molecule has 0 saturated carbocycles. The SMILES string of the molecule is C[C@H](N/C=C\C(=N)[N+](=O)[O-])C(N)=O. The van der Waals surface area contributed by atoms with Crippen LogP contribution in [0.15, 0.2) is 12.3 Å². The Labute approximate surface area is 74.3 Å². The van der Waals surface area contributed by atoms with Crippen molar-refractivity contribution in [3.8, 4) is 0 Å². The number of rotatable bonds is 4. The van der Waals surface area contributed by atoms with E-state index in [0.717, 1.165) is 12.3 Å². The molecule has 0 radical (unpaired) electrons. The number of nitrogens with one attached hydrogen (secondary N) is 2. The van der Waals surface area contributed by atoms with Crippen molar-refractivity contribution in [2.45, 2.75) is 13.0 Å². The summed E-state index contributed by atoms with van der Waals surface area (Å²) in [6, 6.07) is -0.615. The number of hydrogen-bond donors (Lipinski definition) is 3. The first-order valence-electron chi connectivity index (χ1n) is 3.40. The molecule has 0 rings (SSSR count). The van der Waals surface area contributed by atoms with Crippen molar-refractivity contribution in [1.29, 1.82) is 5.41 Å². The molecule has 1 amide bonds. The highest BCUT2D eigenvalue weighted by Crippen LogP contribution is 1.81. The van der Waals surface area contributed by atoms with Gasteiger partial charge in [-0.25, -0.2) is 0 Å². The molecule has 0 aliphatic carbocycles. The molecule has 13 heavy (non-hydrogen) atoms. The van der Waals surface area contributed by atoms with Crippen LogP contribution in [0.1, 0.15) is 6.92 Å². The molecule has 4 N–H and O–H groups in total. The normalized spacial score (nSPS) is 12.4. The average molecular weight is 186 g/mol. The van der Waals surface area contributed by atoms with E-state index >= 15 is 0 Å². The van der Waals surface area contributed by atoms with Gasteiger partial charge in [-0.15, -0.1) is 0 Å². The van der Waals surface area contributed by atoms with Crippen molar-refractivity contribution in [3.63, 3.8) is 0 Å². The number of primary amides is 1. The van der Waals surface area contributed by atoms with Crippen LogP contribution in [0.2, 0.25) is 0 Å². The maximum absolute atomic E-state index is 10.4. The predicted octanol–water partition coefficient (Wildman–Crippen LogP) is -0.783. The van der Waals surface area contributed by atoms with E-state index < -0.39 is 22.7 Å². The fourth-order valence-corrected chi connectivity index (χ4v) is 0.414. The van der Waals surface area contributed by atoms with E-state index in [4.69, 9.17) is 11.1 Å². The summed E-state index contributed by atoms with van der Waals surface area (Å²) in [5, 5.41) is 19.1. The lowest BCUT2D eigenvalue weighted by Gasteiger charge is -2.04. The highest BCUT2D eigenvalue weighted by molar-refractivity contribution is 5.83. The largest absolute Gasteiger partial charge is 0.380 e. The minimum Gasteiger partial charge on any atom is -0.380 e. The molecule has 0 heterocycles. The molecule has 0 aliphatic rings. The number of amides is 1. The average Bonchev–Trinajstić information content (AvgIpc) is 2.03. The van der Waals surface area contributed by atoms with Crippen LogP contribution in [-0.2, 0) is 4.79 Å². The van der Waals surface area contributed by atoms with Crippen LogP contribution in [-0.4, -0.2) is 22.7 Å². The van der Waals surface area contributed by atoms with Crippen LogP contribution in [0.25, 0.3) is 0 Å². The lowest BCUT2D eigenvalue weighted by molar-refractivity contribution is -0.349. The molecular formula is C6H10N4O3. The van der Waals surface area contributed by atoms with E-state index in [-0.39, 0.29) is 0 Å². The summed E-state index contributed by atoms with van der Waals surface area (Å²) >= 11 is 0. The van der Waals surface area contributed by atoms with Crippen LogP contribution >= 0.6 is 0 Å². The standard InChI is InChI=1S/C6H10N4O3/c1-4(6(8)11)9-3-2-5(7)10(12)13/h2-4,7,9H,1H3,(H2,8,11)/b3-2-,7-5?/t4-/m0/s1. The van der Waals surface area contributed by atoms with Crippen molar-refractivity contribution in [3.05, 3.63) is 22.4 Å². The molecule has 0 spiro atoms. The van der Waals surface area contributed by atoms with Gasteiger partial charge in [0.05, 0.1) is 6.08 Å². The van der Waals surface area contributed by atoms with E-state index in [1.54, 1.807) is 0 Å². The molecule has 0 bridgehead atoms. The second kappa shape index (κ2) is 4.86. The van der Waals surface area contributed by atoms with Crippen molar-refractivity contribution < 1.29 is 9.72 Å². The van der Waals surface area contributed by atoms with Gasteiger partial charge in [0.25, 0.3) is 0 Å². The van der Waals surface area contributed by atoms with Crippen LogP contribution in [0, 0.1) is 15.5 Å². The Bertz CT molecular complexity index is 261. The Hall–Kier alpha value is -1.92. The van der Waals surface area contributed by atoms with Crippen molar-refractivity contribution in [1.82, 2.24) is 5.32 Å². The molecule has 1 atom stereocenters. The first kappa shape index (κ1) is 11.1. The van der Waals surface area contributed by atoms with Gasteiger partial charge in [0, 0.05) is 6.20 Å². The number of nitrogens with two attached hydrogens (primary N) is 1. The minimum absolute atomic E-state index is 0.572. The maximum atomic E-state index is 10.4. The van der Waals surface area contributed by atoms with Gasteiger partial charge in [0.15, 0.2) is 0 Å². The summed E-state index contributed by atoms with van der Waals surface area (Å²) in [6.45, 7) is 1.50. The fourth-order valence-electron chi connectivity index (χ4n) is 0.414. The van der Waals surface area contributed by atoms with Gasteiger partial charge < -0.3 is 21.2 Å². The number of carbonyl (C=O) groups excluding carboxylic acids is 1. The number of amidine groups is 1. The molecule has 0 aromatic heterocycles. The molecular weight excluding hydrogens is 176 g/mol. The van der Waals surface area contributed by atoms with E-state index in [1.807, 2.05) is 0 Å². The Kier molecular flexibility index (Phi) is 4.14. The van der Waals surface area contributed by atoms with E-state index in [9.17, 15) is 14.9 Å². The van der Waals surface area contributed by atoms with E-state index in [0.29, 0.717) is 0 Å². The lowest BCUT2D eigenvalue weighted by Crippen LogP contribution is -2.35. The Morgan fingerprint density at radius 2 is 2.31 bits per heavy atom. The maximum Gasteiger partial charge on any atom is 0.357 e. The van der Waals surface area contributed by atoms with E-state index in [2.05, 4.69) is 5.32 Å². The molecule has 0 aliphatic heterocycles. The second-order valence-electron chi connectivity index (χ2n) is 2.27. The Balaban J connectivity index is 3.95. The van der Waals surface area contributed by atoms with Gasteiger partial charge in [-0.3, -0.25) is 4.79 Å². The van der Waals surface area contributed by atoms with Gasteiger partial charge in [-0.2, -0.15) is 0 Å². The molecule has 0 saturated heterocycles. The van der Waals surface area contributed by atoms with Gasteiger partial charge in [0.1, 0.15) is 6.04 Å². The number of nitrogens with zero attached hydrogens (tertiary/aromatic N) is 1. The highest BCUT2D eigenvalue weighted by Gasteiger charge is 2.05. The van der Waals surface area contributed by atoms with Crippen molar-refractivity contribution >= 4 is 11.7 Å². The fraction of sp³-hybridized carbons (Fsp3) is 0.333. The van der Waals surface area contributed by atoms with E-state index in [1.165, 1.54) is 6.92 Å². The quantitative estimate of drug-likeness (QED) is 0.230. The third-order valence-electron chi connectivity index (χ3n) is 1.21. The predicted molar refractivity (Wildman–Crippen MR) is 45.7 cm³/mol. The zero-order chi connectivity index (χ0) is 10.4. The third-order valence-corrected chi connectivity index (χ3v) is 1.21. The minimum atomic E-state index is -0.854. The van der Waals surface area contributed by atoms with Crippen molar-refractivity contribution in [2.24, 2.45) is 5.73 Å². The molecule has 72 valence electrons. The molecule has 0 aromatic rings. The molecule has 0 aromatic carbocycles. The topological polar surface area (TPSA) is 122 Å². The highest BCUT2D eigenvalue weighted by atomic mass is 16.6. The van der Waals surface area contributed by atoms with Crippen LogP contribution in [0.4, 0.5) is 0 Å². The second-order valence-corrected chi connectivity index (χ2v) is 2.27. The van der Waals surface area contributed by atoms with Crippen LogP contribution in [0.3, 0.4) is 0 Å². The number of nitro groups is 1. The van der Waals surface area contributed by atoms with Crippen LogP contribution in [0.5, 0.6) is 0 Å². The smallest absolute Gasteiger partial charge is 0.357 e. The molecule has 0 fully saturated rings. The number of hydrogen-bond acceptors (Lipinski definition) is 5. The summed E-state index contributed by atoms with van der Waals surface area (Å²) in [5.74, 6) is -1.33. The van der Waals surface area contributed by atoms with Gasteiger partial charge in [-0.1, -0.05) is 5.41 Å². The van der Waals surface area contributed by atoms with Crippen molar-refractivity contribution in [2.75, 3.05) is 0 Å². The van der Waals surface area contributed by atoms with Crippen LogP contribution < -0.4 is 11.1 Å².